The molecule has 22 heavy (non-hydrogen) atoms. The SMILES string of the molecule is O=C(NN=Cc1cc(Br)cc([N+](=O)[O-])c1O)c1cccnc1. The molecule has 0 radical (unpaired) electrons. The molecular formula is C13H9BrN4O4. The second-order valence-corrected chi connectivity index (χ2v) is 4.98. The Morgan fingerprint density at radius 3 is 2.91 bits per heavy atom. The molecule has 0 aliphatic rings. The molecule has 0 spiro atoms. The number of phenols is 1. The van der Waals surface area contributed by atoms with Gasteiger partial charge in [0.1, 0.15) is 0 Å². The van der Waals surface area contributed by atoms with E-state index >= 15 is 0 Å². The molecule has 0 aliphatic carbocycles. The van der Waals surface area contributed by atoms with Crippen LogP contribution in [0.2, 0.25) is 0 Å². The number of carbonyl (C=O) groups is 1. The highest BCUT2D eigenvalue weighted by molar-refractivity contribution is 9.10. The number of amides is 1. The van der Waals surface area contributed by atoms with Gasteiger partial charge in [0.2, 0.25) is 5.75 Å². The first-order valence-electron chi connectivity index (χ1n) is 5.89. The van der Waals surface area contributed by atoms with E-state index < -0.39 is 22.3 Å². The third-order valence-electron chi connectivity index (χ3n) is 2.57. The number of halogens is 1. The Labute approximate surface area is 132 Å². The van der Waals surface area contributed by atoms with Crippen LogP contribution in [0.1, 0.15) is 15.9 Å². The van der Waals surface area contributed by atoms with Crippen LogP contribution < -0.4 is 5.43 Å². The lowest BCUT2D eigenvalue weighted by Crippen LogP contribution is -2.17. The molecule has 2 N–H and O–H groups in total. The molecule has 112 valence electrons. The molecule has 9 heteroatoms. The number of hydrogen-bond acceptors (Lipinski definition) is 6. The number of pyridine rings is 1. The average Bonchev–Trinajstić information content (AvgIpc) is 2.50. The van der Waals surface area contributed by atoms with Crippen LogP contribution in [0.15, 0.2) is 46.2 Å². The fraction of sp³-hybridized carbons (Fsp3) is 0. The number of carbonyl (C=O) groups excluding carboxylic acids is 1. The average molecular weight is 365 g/mol. The lowest BCUT2D eigenvalue weighted by molar-refractivity contribution is -0.385. The van der Waals surface area contributed by atoms with Crippen LogP contribution in [-0.4, -0.2) is 27.1 Å². The number of hydrazone groups is 1. The first-order chi connectivity index (χ1) is 10.5. The molecule has 0 unspecified atom stereocenters. The summed E-state index contributed by atoms with van der Waals surface area (Å²) in [5.41, 5.74) is 2.17. The van der Waals surface area contributed by atoms with E-state index in [0.717, 1.165) is 6.21 Å². The number of phenolic OH excluding ortho intramolecular Hbond substituents is 1. The smallest absolute Gasteiger partial charge is 0.312 e. The van der Waals surface area contributed by atoms with Gasteiger partial charge in [-0.2, -0.15) is 5.10 Å². The Bertz CT molecular complexity index is 749. The normalized spacial score (nSPS) is 10.6. The number of rotatable bonds is 4. The van der Waals surface area contributed by atoms with E-state index in [1.807, 2.05) is 0 Å². The number of hydrogen-bond donors (Lipinski definition) is 2. The molecule has 2 aromatic rings. The van der Waals surface area contributed by atoms with Gasteiger partial charge in [-0.15, -0.1) is 0 Å². The summed E-state index contributed by atoms with van der Waals surface area (Å²) >= 11 is 3.10. The van der Waals surface area contributed by atoms with Gasteiger partial charge in [-0.1, -0.05) is 15.9 Å². The zero-order valence-corrected chi connectivity index (χ0v) is 12.5. The van der Waals surface area contributed by atoms with Crippen molar-refractivity contribution in [2.75, 3.05) is 0 Å². The summed E-state index contributed by atoms with van der Waals surface area (Å²) < 4.78 is 0.400. The molecule has 1 aromatic carbocycles. The van der Waals surface area contributed by atoms with Gasteiger partial charge in [0, 0.05) is 28.5 Å². The van der Waals surface area contributed by atoms with E-state index in [2.05, 4.69) is 31.4 Å². The Kier molecular flexibility index (Phi) is 4.79. The molecule has 2 rings (SSSR count). The van der Waals surface area contributed by atoms with E-state index in [9.17, 15) is 20.0 Å². The van der Waals surface area contributed by atoms with Crippen molar-refractivity contribution >= 4 is 33.7 Å². The summed E-state index contributed by atoms with van der Waals surface area (Å²) in [7, 11) is 0. The van der Waals surface area contributed by atoms with Crippen molar-refractivity contribution in [2.24, 2.45) is 5.10 Å². The fourth-order valence-corrected chi connectivity index (χ4v) is 2.03. The van der Waals surface area contributed by atoms with E-state index in [1.165, 1.54) is 24.5 Å². The number of nitro benzene ring substituents is 1. The predicted octanol–water partition coefficient (Wildman–Crippen LogP) is 2.22. The Balaban J connectivity index is 2.17. The molecule has 0 aliphatic heterocycles. The molecule has 0 saturated heterocycles. The summed E-state index contributed by atoms with van der Waals surface area (Å²) in [4.78, 5) is 25.6. The molecule has 1 amide bonds. The van der Waals surface area contributed by atoms with Crippen LogP contribution in [-0.2, 0) is 0 Å². The van der Waals surface area contributed by atoms with Crippen LogP contribution in [0.4, 0.5) is 5.69 Å². The van der Waals surface area contributed by atoms with Gasteiger partial charge in [-0.05, 0) is 18.2 Å². The van der Waals surface area contributed by atoms with Crippen LogP contribution in [0.5, 0.6) is 5.75 Å². The van der Waals surface area contributed by atoms with Gasteiger partial charge in [-0.25, -0.2) is 5.43 Å². The maximum Gasteiger partial charge on any atom is 0.312 e. The summed E-state index contributed by atoms with van der Waals surface area (Å²) in [6, 6.07) is 5.75. The molecule has 0 atom stereocenters. The molecule has 0 saturated carbocycles. The van der Waals surface area contributed by atoms with Gasteiger partial charge in [0.05, 0.1) is 16.7 Å². The number of benzene rings is 1. The summed E-state index contributed by atoms with van der Waals surface area (Å²) in [6.45, 7) is 0. The maximum absolute atomic E-state index is 11.7. The third kappa shape index (κ3) is 3.64. The van der Waals surface area contributed by atoms with Crippen LogP contribution in [0.25, 0.3) is 0 Å². The van der Waals surface area contributed by atoms with Gasteiger partial charge in [0.25, 0.3) is 5.91 Å². The zero-order chi connectivity index (χ0) is 16.1. The maximum atomic E-state index is 11.7. The van der Waals surface area contributed by atoms with Crippen molar-refractivity contribution in [3.05, 3.63) is 62.4 Å². The largest absolute Gasteiger partial charge is 0.502 e. The fourth-order valence-electron chi connectivity index (χ4n) is 1.57. The topological polar surface area (TPSA) is 118 Å². The van der Waals surface area contributed by atoms with Crippen molar-refractivity contribution in [1.29, 1.82) is 0 Å². The van der Waals surface area contributed by atoms with E-state index in [1.54, 1.807) is 12.1 Å². The molecule has 1 heterocycles. The van der Waals surface area contributed by atoms with Crippen LogP contribution >= 0.6 is 15.9 Å². The lowest BCUT2D eigenvalue weighted by atomic mass is 10.2. The summed E-state index contributed by atoms with van der Waals surface area (Å²) in [5, 5.41) is 24.3. The summed E-state index contributed by atoms with van der Waals surface area (Å²) in [5.74, 6) is -1.03. The first-order valence-corrected chi connectivity index (χ1v) is 6.68. The van der Waals surface area contributed by atoms with Crippen molar-refractivity contribution < 1.29 is 14.8 Å². The Morgan fingerprint density at radius 1 is 1.50 bits per heavy atom. The van der Waals surface area contributed by atoms with Gasteiger partial charge < -0.3 is 5.11 Å². The first kappa shape index (κ1) is 15.6. The highest BCUT2D eigenvalue weighted by atomic mass is 79.9. The minimum Gasteiger partial charge on any atom is -0.502 e. The van der Waals surface area contributed by atoms with E-state index in [0.29, 0.717) is 10.0 Å². The van der Waals surface area contributed by atoms with E-state index in [4.69, 9.17) is 0 Å². The second-order valence-electron chi connectivity index (χ2n) is 4.06. The lowest BCUT2D eigenvalue weighted by Gasteiger charge is -2.02. The minimum atomic E-state index is -0.717. The number of nitrogens with zero attached hydrogens (tertiary/aromatic N) is 3. The second kappa shape index (κ2) is 6.76. The van der Waals surface area contributed by atoms with E-state index in [-0.39, 0.29) is 5.56 Å². The number of nitro groups is 1. The van der Waals surface area contributed by atoms with Crippen molar-refractivity contribution in [2.45, 2.75) is 0 Å². The van der Waals surface area contributed by atoms with Crippen molar-refractivity contribution in [3.8, 4) is 5.75 Å². The van der Waals surface area contributed by atoms with Gasteiger partial charge >= 0.3 is 5.69 Å². The quantitative estimate of drug-likeness (QED) is 0.489. The summed E-state index contributed by atoms with van der Waals surface area (Å²) in [6.07, 6.45) is 4.01. The van der Waals surface area contributed by atoms with Crippen molar-refractivity contribution in [1.82, 2.24) is 10.4 Å². The molecule has 1 aromatic heterocycles. The molecule has 8 nitrogen and oxygen atoms in total. The molecule has 0 fully saturated rings. The number of nitrogens with one attached hydrogen (secondary N) is 1. The monoisotopic (exact) mass is 364 g/mol. The predicted molar refractivity (Wildman–Crippen MR) is 81.8 cm³/mol. The standard InChI is InChI=1S/C13H9BrN4O4/c14-10-4-9(12(19)11(5-10)18(21)22)7-16-17-13(20)8-2-1-3-15-6-8/h1-7,19H,(H,17,20). The highest BCUT2D eigenvalue weighted by Crippen LogP contribution is 2.32. The Morgan fingerprint density at radius 2 is 2.27 bits per heavy atom. The number of aromatic nitrogens is 1. The van der Waals surface area contributed by atoms with Crippen LogP contribution in [0.3, 0.4) is 0 Å². The van der Waals surface area contributed by atoms with Crippen molar-refractivity contribution in [3.63, 3.8) is 0 Å². The molecule has 0 bridgehead atoms. The number of aromatic hydroxyl groups is 1. The minimum absolute atomic E-state index is 0.0903. The highest BCUT2D eigenvalue weighted by Gasteiger charge is 2.17. The van der Waals surface area contributed by atoms with Gasteiger partial charge in [0.15, 0.2) is 0 Å². The third-order valence-corrected chi connectivity index (χ3v) is 3.03. The van der Waals surface area contributed by atoms with Crippen LogP contribution in [0, 0.1) is 10.1 Å². The van der Waals surface area contributed by atoms with Gasteiger partial charge in [-0.3, -0.25) is 19.9 Å². The Hall–Kier alpha value is -2.81. The molecular weight excluding hydrogens is 356 g/mol. The zero-order valence-electron chi connectivity index (χ0n) is 10.9.